The van der Waals surface area contributed by atoms with E-state index in [1.165, 1.54) is 70.2 Å². The van der Waals surface area contributed by atoms with Gasteiger partial charge < -0.3 is 0 Å². The molecule has 0 atom stereocenters. The van der Waals surface area contributed by atoms with Gasteiger partial charge in [0.15, 0.2) is 17.5 Å². The average molecular weight is 787 g/mol. The van der Waals surface area contributed by atoms with Crippen LogP contribution in [0.1, 0.15) is 0 Å². The fraction of sp³-hybridized carbons (Fsp3) is 0. The van der Waals surface area contributed by atoms with Crippen LogP contribution in [0.15, 0.2) is 206 Å². The van der Waals surface area contributed by atoms with Crippen LogP contribution in [0.4, 0.5) is 0 Å². The highest BCUT2D eigenvalue weighted by Crippen LogP contribution is 2.45. The molecule has 0 fully saturated rings. The number of pyridine rings is 1. The number of nitrogens with zero attached hydrogens (tertiary/aromatic N) is 4. The molecule has 0 unspecified atom stereocenters. The molecular weight excluding hydrogens is 753 g/mol. The third-order valence-electron chi connectivity index (χ3n) is 12.6. The molecule has 4 heteroatoms. The van der Waals surface area contributed by atoms with Crippen molar-refractivity contribution in [3.63, 3.8) is 0 Å². The Kier molecular flexibility index (Phi) is 7.57. The lowest BCUT2D eigenvalue weighted by Crippen LogP contribution is -2.00. The summed E-state index contributed by atoms with van der Waals surface area (Å²) in [4.78, 5) is 19.8. The molecule has 4 nitrogen and oxygen atoms in total. The molecule has 2 heterocycles. The van der Waals surface area contributed by atoms with Gasteiger partial charge in [0.2, 0.25) is 0 Å². The van der Waals surface area contributed by atoms with Gasteiger partial charge >= 0.3 is 0 Å². The van der Waals surface area contributed by atoms with Gasteiger partial charge in [-0.1, -0.05) is 158 Å². The Hall–Kier alpha value is -8.34. The highest BCUT2D eigenvalue weighted by atomic mass is 15.0. The fourth-order valence-electron chi connectivity index (χ4n) is 9.82. The van der Waals surface area contributed by atoms with Crippen molar-refractivity contribution in [3.8, 4) is 56.4 Å². The minimum Gasteiger partial charge on any atom is -0.256 e. The normalized spacial score (nSPS) is 11.9. The predicted molar refractivity (Wildman–Crippen MR) is 259 cm³/mol. The van der Waals surface area contributed by atoms with Crippen LogP contribution in [0.2, 0.25) is 0 Å². The maximum absolute atomic E-state index is 5.13. The zero-order valence-electron chi connectivity index (χ0n) is 33.4. The van der Waals surface area contributed by atoms with E-state index in [4.69, 9.17) is 15.0 Å². The summed E-state index contributed by atoms with van der Waals surface area (Å²) < 4.78 is 0. The Labute approximate surface area is 356 Å². The summed E-state index contributed by atoms with van der Waals surface area (Å²) in [5.41, 5.74) is 8.25. The van der Waals surface area contributed by atoms with Crippen LogP contribution in [-0.2, 0) is 0 Å². The number of aromatic nitrogens is 4. The summed E-state index contributed by atoms with van der Waals surface area (Å²) in [7, 11) is 0. The molecule has 0 N–H and O–H groups in total. The first-order chi connectivity index (χ1) is 30.7. The van der Waals surface area contributed by atoms with Crippen LogP contribution >= 0.6 is 0 Å². The average Bonchev–Trinajstić information content (AvgIpc) is 3.35. The second-order valence-electron chi connectivity index (χ2n) is 16.2. The molecule has 0 radical (unpaired) electrons. The molecule has 0 saturated carbocycles. The molecule has 286 valence electrons. The molecule has 0 amide bonds. The van der Waals surface area contributed by atoms with Gasteiger partial charge in [-0.3, -0.25) is 4.98 Å². The van der Waals surface area contributed by atoms with Crippen molar-refractivity contribution >= 4 is 75.5 Å². The second-order valence-corrected chi connectivity index (χ2v) is 16.2. The molecular formula is C58H34N4. The van der Waals surface area contributed by atoms with Gasteiger partial charge in [-0.05, 0) is 129 Å². The molecule has 62 heavy (non-hydrogen) atoms. The van der Waals surface area contributed by atoms with Crippen molar-refractivity contribution in [1.29, 1.82) is 0 Å². The lowest BCUT2D eigenvalue weighted by atomic mass is 9.85. The van der Waals surface area contributed by atoms with E-state index in [0.717, 1.165) is 44.3 Å². The number of hydrogen-bond acceptors (Lipinski definition) is 4. The topological polar surface area (TPSA) is 51.6 Å². The lowest BCUT2D eigenvalue weighted by molar-refractivity contribution is 1.07. The van der Waals surface area contributed by atoms with Crippen LogP contribution in [0.3, 0.4) is 0 Å². The Morgan fingerprint density at radius 1 is 0.258 bits per heavy atom. The Balaban J connectivity index is 1.02. The molecule has 0 saturated heterocycles. The van der Waals surface area contributed by atoms with Crippen molar-refractivity contribution in [1.82, 2.24) is 19.9 Å². The first kappa shape index (κ1) is 34.5. The zero-order chi connectivity index (χ0) is 40.7. The van der Waals surface area contributed by atoms with Gasteiger partial charge in [-0.25, -0.2) is 15.0 Å². The summed E-state index contributed by atoms with van der Waals surface area (Å²) >= 11 is 0. The van der Waals surface area contributed by atoms with Gasteiger partial charge in [-0.2, -0.15) is 0 Å². The minimum absolute atomic E-state index is 0.617. The van der Waals surface area contributed by atoms with Gasteiger partial charge in [-0.15, -0.1) is 0 Å². The van der Waals surface area contributed by atoms with Crippen LogP contribution in [0.5, 0.6) is 0 Å². The third kappa shape index (κ3) is 5.40. The van der Waals surface area contributed by atoms with E-state index in [1.54, 1.807) is 0 Å². The zero-order valence-corrected chi connectivity index (χ0v) is 33.4. The minimum atomic E-state index is 0.617. The van der Waals surface area contributed by atoms with E-state index in [2.05, 4.69) is 157 Å². The van der Waals surface area contributed by atoms with Crippen molar-refractivity contribution < 1.29 is 0 Å². The molecule has 2 aromatic heterocycles. The summed E-state index contributed by atoms with van der Waals surface area (Å²) in [6.07, 6.45) is 1.82. The van der Waals surface area contributed by atoms with Crippen molar-refractivity contribution in [2.75, 3.05) is 0 Å². The van der Waals surface area contributed by atoms with E-state index >= 15 is 0 Å². The maximum Gasteiger partial charge on any atom is 0.164 e. The first-order valence-corrected chi connectivity index (χ1v) is 21.0. The quantitative estimate of drug-likeness (QED) is 0.163. The highest BCUT2D eigenvalue weighted by molar-refractivity contribution is 6.37. The maximum atomic E-state index is 5.13. The number of fused-ring (bicyclic) bond motifs is 3. The van der Waals surface area contributed by atoms with Gasteiger partial charge in [0.05, 0.1) is 5.52 Å². The summed E-state index contributed by atoms with van der Waals surface area (Å²) in [6, 6.07) is 72.0. The first-order valence-electron chi connectivity index (χ1n) is 21.0. The molecule has 0 aliphatic carbocycles. The monoisotopic (exact) mass is 786 g/mol. The standard InChI is InChI=1S/C58H34N4/c1-2-11-38(12-3-1)56-60-57(62-58(61-56)43-28-29-51-40(32-43)18-10-30-59-51)42-17-6-16-39(31-42)45-19-4-5-20-46(45)44-33-41-27-26-37-14-8-22-48-47-21-7-13-35-24-25-36-15-9-23-49(54(36)52(35)47)50(34-44)55(41)53(37)48/h1-34H. The van der Waals surface area contributed by atoms with E-state index < -0.39 is 0 Å². The SMILES string of the molecule is c1ccc(-c2nc(-c3cccc(-c4ccccc4-c4cc5ccc6cccc7c8cccc9ccc%10cccc(c(c4)c5c67)c%10c98)c3)nc(-c3ccc4ncccc4c3)n2)cc1. The summed E-state index contributed by atoms with van der Waals surface area (Å²) in [5, 5.41) is 16.3. The fourth-order valence-corrected chi connectivity index (χ4v) is 9.82. The number of hydrogen-bond donors (Lipinski definition) is 0. The van der Waals surface area contributed by atoms with Crippen LogP contribution in [-0.4, -0.2) is 19.9 Å². The Bertz CT molecular complexity index is 3920. The van der Waals surface area contributed by atoms with Crippen molar-refractivity contribution in [2.24, 2.45) is 0 Å². The Morgan fingerprint density at radius 3 is 1.42 bits per heavy atom. The van der Waals surface area contributed by atoms with Crippen molar-refractivity contribution in [3.05, 3.63) is 206 Å². The van der Waals surface area contributed by atoms with E-state index in [1.807, 2.05) is 54.7 Å². The highest BCUT2D eigenvalue weighted by Gasteiger charge is 2.19. The number of benzene rings is 10. The number of rotatable bonds is 5. The largest absolute Gasteiger partial charge is 0.256 e. The molecule has 13 aromatic rings. The van der Waals surface area contributed by atoms with Gasteiger partial charge in [0.25, 0.3) is 0 Å². The van der Waals surface area contributed by atoms with Crippen LogP contribution in [0.25, 0.3) is 132 Å². The summed E-state index contributed by atoms with van der Waals surface area (Å²) in [6.45, 7) is 0. The van der Waals surface area contributed by atoms with Crippen molar-refractivity contribution in [2.45, 2.75) is 0 Å². The van der Waals surface area contributed by atoms with Crippen LogP contribution in [0, 0.1) is 0 Å². The second kappa shape index (κ2) is 13.6. The molecule has 13 rings (SSSR count). The Morgan fingerprint density at radius 2 is 0.742 bits per heavy atom. The molecule has 0 spiro atoms. The summed E-state index contributed by atoms with van der Waals surface area (Å²) in [5.74, 6) is 1.86. The third-order valence-corrected chi connectivity index (χ3v) is 12.6. The van der Waals surface area contributed by atoms with Crippen LogP contribution < -0.4 is 0 Å². The smallest absolute Gasteiger partial charge is 0.164 e. The molecule has 0 bridgehead atoms. The van der Waals surface area contributed by atoms with E-state index in [-0.39, 0.29) is 0 Å². The van der Waals surface area contributed by atoms with Gasteiger partial charge in [0, 0.05) is 28.3 Å². The van der Waals surface area contributed by atoms with E-state index in [9.17, 15) is 0 Å². The predicted octanol–water partition coefficient (Wildman–Crippen LogP) is 15.1. The van der Waals surface area contributed by atoms with Gasteiger partial charge in [0.1, 0.15) is 0 Å². The molecule has 0 aliphatic rings. The van der Waals surface area contributed by atoms with E-state index in [0.29, 0.717) is 17.5 Å². The molecule has 11 aromatic carbocycles. The molecule has 0 aliphatic heterocycles. The lowest BCUT2D eigenvalue weighted by Gasteiger charge is -2.18.